The van der Waals surface area contributed by atoms with Crippen LogP contribution in [0.5, 0.6) is 5.75 Å². The average Bonchev–Trinajstić information content (AvgIpc) is 2.61. The van der Waals surface area contributed by atoms with Gasteiger partial charge in [-0.05, 0) is 28.5 Å². The van der Waals surface area contributed by atoms with Crippen molar-refractivity contribution < 1.29 is 9.53 Å². The quantitative estimate of drug-likeness (QED) is 0.713. The number of Topliss-reactive ketones (excluding diaryl/α,β-unsaturated/α-hetero) is 1. The lowest BCUT2D eigenvalue weighted by Crippen LogP contribution is -2.19. The van der Waals surface area contributed by atoms with Gasteiger partial charge >= 0.3 is 0 Å². The molecule has 0 radical (unpaired) electrons. The summed E-state index contributed by atoms with van der Waals surface area (Å²) in [5.74, 6) is -0.412. The standard InChI is InChI=1S/C20H15NO2/c21-13-19(16-7-2-1-3-8-16)20(22)14-23-18-11-10-15-6-4-5-9-17(15)12-18/h1-12,19H,14H2/t19-/m0/s1. The lowest BCUT2D eigenvalue weighted by molar-refractivity contribution is -0.121. The third-order valence-corrected chi connectivity index (χ3v) is 3.69. The monoisotopic (exact) mass is 301 g/mol. The molecule has 0 unspecified atom stereocenters. The predicted molar refractivity (Wildman–Crippen MR) is 89.2 cm³/mol. The summed E-state index contributed by atoms with van der Waals surface area (Å²) in [6.45, 7) is -0.120. The van der Waals surface area contributed by atoms with Gasteiger partial charge in [0.2, 0.25) is 0 Å². The highest BCUT2D eigenvalue weighted by molar-refractivity contribution is 5.90. The summed E-state index contributed by atoms with van der Waals surface area (Å²) in [5, 5.41) is 11.4. The maximum atomic E-state index is 12.3. The number of hydrogen-bond acceptors (Lipinski definition) is 3. The minimum Gasteiger partial charge on any atom is -0.486 e. The fourth-order valence-corrected chi connectivity index (χ4v) is 2.47. The first-order valence-corrected chi connectivity index (χ1v) is 7.37. The zero-order chi connectivity index (χ0) is 16.1. The van der Waals surface area contributed by atoms with Gasteiger partial charge < -0.3 is 4.74 Å². The summed E-state index contributed by atoms with van der Waals surface area (Å²) in [6, 6.07) is 24.7. The van der Waals surface area contributed by atoms with Gasteiger partial charge in [-0.15, -0.1) is 0 Å². The van der Waals surface area contributed by atoms with Gasteiger partial charge in [0.15, 0.2) is 5.78 Å². The van der Waals surface area contributed by atoms with Crippen LogP contribution in [0.1, 0.15) is 11.5 Å². The van der Waals surface area contributed by atoms with E-state index in [0.29, 0.717) is 11.3 Å². The molecule has 0 saturated heterocycles. The molecule has 0 saturated carbocycles. The zero-order valence-corrected chi connectivity index (χ0v) is 12.5. The number of carbonyl (C=O) groups is 1. The van der Waals surface area contributed by atoms with Crippen LogP contribution in [0.4, 0.5) is 0 Å². The number of rotatable bonds is 5. The van der Waals surface area contributed by atoms with Crippen molar-refractivity contribution in [2.24, 2.45) is 0 Å². The van der Waals surface area contributed by atoms with Gasteiger partial charge in [-0.1, -0.05) is 60.7 Å². The number of ketones is 1. The number of fused-ring (bicyclic) bond motifs is 1. The Hall–Kier alpha value is -3.12. The Morgan fingerprint density at radius 1 is 0.957 bits per heavy atom. The van der Waals surface area contributed by atoms with Crippen molar-refractivity contribution in [3.63, 3.8) is 0 Å². The van der Waals surface area contributed by atoms with E-state index < -0.39 is 5.92 Å². The third-order valence-electron chi connectivity index (χ3n) is 3.69. The second-order valence-corrected chi connectivity index (χ2v) is 5.24. The highest BCUT2D eigenvalue weighted by Gasteiger charge is 2.20. The molecule has 3 rings (SSSR count). The molecule has 0 aliphatic rings. The topological polar surface area (TPSA) is 50.1 Å². The molecule has 0 spiro atoms. The molecule has 0 amide bonds. The summed E-state index contributed by atoms with van der Waals surface area (Å²) in [4.78, 5) is 12.3. The van der Waals surface area contributed by atoms with Crippen LogP contribution in [0.3, 0.4) is 0 Å². The van der Waals surface area contributed by atoms with Crippen LogP contribution < -0.4 is 4.74 Å². The van der Waals surface area contributed by atoms with Crippen molar-refractivity contribution in [3.05, 3.63) is 78.4 Å². The van der Waals surface area contributed by atoms with Gasteiger partial charge in [0.1, 0.15) is 18.3 Å². The molecule has 0 heterocycles. The summed E-state index contributed by atoms with van der Waals surface area (Å²) in [5.41, 5.74) is 0.696. The number of ether oxygens (including phenoxy) is 1. The fraction of sp³-hybridized carbons (Fsp3) is 0.100. The molecule has 0 aromatic heterocycles. The third kappa shape index (κ3) is 3.38. The minimum absolute atomic E-state index is 0.120. The van der Waals surface area contributed by atoms with Crippen molar-refractivity contribution >= 4 is 16.6 Å². The fourth-order valence-electron chi connectivity index (χ4n) is 2.47. The number of carbonyl (C=O) groups excluding carboxylic acids is 1. The molecule has 3 aromatic carbocycles. The van der Waals surface area contributed by atoms with Crippen molar-refractivity contribution in [3.8, 4) is 11.8 Å². The van der Waals surface area contributed by atoms with E-state index in [1.54, 1.807) is 12.1 Å². The van der Waals surface area contributed by atoms with Gasteiger partial charge in [0, 0.05) is 0 Å². The maximum Gasteiger partial charge on any atom is 0.191 e. The SMILES string of the molecule is N#C[C@H](C(=O)COc1ccc2ccccc2c1)c1ccccc1. The van der Waals surface area contributed by atoms with E-state index in [9.17, 15) is 10.1 Å². The first kappa shape index (κ1) is 14.8. The van der Waals surface area contributed by atoms with Crippen LogP contribution in [0.2, 0.25) is 0 Å². The molecule has 112 valence electrons. The number of hydrogen-bond donors (Lipinski definition) is 0. The number of benzene rings is 3. The molecule has 0 N–H and O–H groups in total. The van der Waals surface area contributed by atoms with E-state index in [0.717, 1.165) is 10.8 Å². The summed E-state index contributed by atoms with van der Waals surface area (Å²) in [7, 11) is 0. The highest BCUT2D eigenvalue weighted by atomic mass is 16.5. The normalized spacial score (nSPS) is 11.6. The van der Waals surface area contributed by atoms with Crippen molar-refractivity contribution in [1.29, 1.82) is 5.26 Å². The lowest BCUT2D eigenvalue weighted by atomic mass is 9.97. The van der Waals surface area contributed by atoms with E-state index in [1.807, 2.05) is 60.7 Å². The molecular weight excluding hydrogens is 286 g/mol. The molecule has 3 aromatic rings. The van der Waals surface area contributed by atoms with Crippen molar-refractivity contribution in [2.75, 3.05) is 6.61 Å². The molecule has 0 fully saturated rings. The van der Waals surface area contributed by atoms with Gasteiger partial charge in [-0.3, -0.25) is 4.79 Å². The average molecular weight is 301 g/mol. The predicted octanol–water partition coefficient (Wildman–Crippen LogP) is 4.10. The second kappa shape index (κ2) is 6.76. The van der Waals surface area contributed by atoms with E-state index in [-0.39, 0.29) is 12.4 Å². The zero-order valence-electron chi connectivity index (χ0n) is 12.5. The first-order chi connectivity index (χ1) is 11.3. The summed E-state index contributed by atoms with van der Waals surface area (Å²) in [6.07, 6.45) is 0. The summed E-state index contributed by atoms with van der Waals surface area (Å²) >= 11 is 0. The molecule has 0 aliphatic heterocycles. The molecule has 3 heteroatoms. The largest absolute Gasteiger partial charge is 0.486 e. The Morgan fingerprint density at radius 3 is 2.39 bits per heavy atom. The van der Waals surface area contributed by atoms with Crippen molar-refractivity contribution in [1.82, 2.24) is 0 Å². The Bertz CT molecular complexity index is 865. The second-order valence-electron chi connectivity index (χ2n) is 5.24. The molecule has 0 aliphatic carbocycles. The highest BCUT2D eigenvalue weighted by Crippen LogP contribution is 2.21. The Kier molecular flexibility index (Phi) is 4.35. The van der Waals surface area contributed by atoms with Gasteiger partial charge in [-0.2, -0.15) is 5.26 Å². The maximum absolute atomic E-state index is 12.3. The number of nitrogens with zero attached hydrogens (tertiary/aromatic N) is 1. The van der Waals surface area contributed by atoms with E-state index >= 15 is 0 Å². The van der Waals surface area contributed by atoms with Crippen LogP contribution in [0, 0.1) is 11.3 Å². The Morgan fingerprint density at radius 2 is 1.65 bits per heavy atom. The van der Waals surface area contributed by atoms with Crippen LogP contribution >= 0.6 is 0 Å². The Balaban J connectivity index is 1.71. The first-order valence-electron chi connectivity index (χ1n) is 7.37. The Labute approximate surface area is 134 Å². The van der Waals surface area contributed by atoms with Gasteiger partial charge in [-0.25, -0.2) is 0 Å². The van der Waals surface area contributed by atoms with Crippen molar-refractivity contribution in [2.45, 2.75) is 5.92 Å². The van der Waals surface area contributed by atoms with Crippen LogP contribution in [-0.2, 0) is 4.79 Å². The minimum atomic E-state index is -0.795. The summed E-state index contributed by atoms with van der Waals surface area (Å²) < 4.78 is 5.58. The smallest absolute Gasteiger partial charge is 0.191 e. The molecule has 3 nitrogen and oxygen atoms in total. The molecular formula is C20H15NO2. The van der Waals surface area contributed by atoms with Crippen LogP contribution in [0.15, 0.2) is 72.8 Å². The van der Waals surface area contributed by atoms with Crippen LogP contribution in [-0.4, -0.2) is 12.4 Å². The lowest BCUT2D eigenvalue weighted by Gasteiger charge is -2.10. The molecule has 1 atom stereocenters. The molecule has 23 heavy (non-hydrogen) atoms. The van der Waals surface area contributed by atoms with E-state index in [2.05, 4.69) is 6.07 Å². The van der Waals surface area contributed by atoms with Gasteiger partial charge in [0.25, 0.3) is 0 Å². The van der Waals surface area contributed by atoms with Gasteiger partial charge in [0.05, 0.1) is 6.07 Å². The van der Waals surface area contributed by atoms with E-state index in [4.69, 9.17) is 4.74 Å². The van der Waals surface area contributed by atoms with Crippen LogP contribution in [0.25, 0.3) is 10.8 Å². The molecule has 0 bridgehead atoms. The number of nitriles is 1. The van der Waals surface area contributed by atoms with E-state index in [1.165, 1.54) is 0 Å².